The molecule has 1 aromatic heterocycles. The van der Waals surface area contributed by atoms with E-state index in [1.807, 2.05) is 0 Å². The summed E-state index contributed by atoms with van der Waals surface area (Å²) in [6.45, 7) is 1.42. The van der Waals surface area contributed by atoms with Crippen molar-refractivity contribution in [3.05, 3.63) is 85.9 Å². The number of ether oxygens (including phenoxy) is 1. The summed E-state index contributed by atoms with van der Waals surface area (Å²) in [6.07, 6.45) is 0. The highest BCUT2D eigenvalue weighted by molar-refractivity contribution is 9.10. The molecule has 6 nitrogen and oxygen atoms in total. The molecular weight excluding hydrogens is 486 g/mol. The summed E-state index contributed by atoms with van der Waals surface area (Å²) in [5.41, 5.74) is 1.07. The maximum atomic E-state index is 14.4. The Bertz CT molecular complexity index is 1140. The van der Waals surface area contributed by atoms with Gasteiger partial charge in [-0.15, -0.1) is 0 Å². The molecule has 0 saturated heterocycles. The molecular formula is C20H16BrF4N3O3. The zero-order chi connectivity index (χ0) is 22.5. The highest BCUT2D eigenvalue weighted by Crippen LogP contribution is 2.24. The summed E-state index contributed by atoms with van der Waals surface area (Å²) in [7, 11) is 0. The second kappa shape index (κ2) is 10.0. The lowest BCUT2D eigenvalue weighted by atomic mass is 10.2. The first-order valence-corrected chi connectivity index (χ1v) is 9.80. The van der Waals surface area contributed by atoms with Gasteiger partial charge in [0.1, 0.15) is 45.9 Å². The lowest BCUT2D eigenvalue weighted by Gasteiger charge is -2.17. The molecule has 0 fully saturated rings. The van der Waals surface area contributed by atoms with Crippen LogP contribution in [-0.4, -0.2) is 16.2 Å². The Morgan fingerprint density at radius 1 is 1.10 bits per heavy atom. The van der Waals surface area contributed by atoms with Gasteiger partial charge >= 0.3 is 0 Å². The van der Waals surface area contributed by atoms with Crippen molar-refractivity contribution in [2.24, 2.45) is 0 Å². The summed E-state index contributed by atoms with van der Waals surface area (Å²) in [5.74, 6) is -3.91. The normalized spacial score (nSPS) is 11.0. The Balaban J connectivity index is 2.05. The molecule has 11 heteroatoms. The van der Waals surface area contributed by atoms with Crippen LogP contribution in [0.5, 0.6) is 5.88 Å². The quantitative estimate of drug-likeness (QED) is 0.285. The van der Waals surface area contributed by atoms with Gasteiger partial charge in [-0.1, -0.05) is 6.07 Å². The van der Waals surface area contributed by atoms with Crippen LogP contribution < -0.4 is 15.8 Å². The SMILES string of the molecule is CCONCc1nc(OCc2ccc(F)cc2F)c(Br)c(=O)n1-c1c(F)cccc1F. The second-order valence-corrected chi connectivity index (χ2v) is 6.93. The first kappa shape index (κ1) is 22.9. The van der Waals surface area contributed by atoms with E-state index in [9.17, 15) is 22.4 Å². The Kier molecular flexibility index (Phi) is 7.42. The highest BCUT2D eigenvalue weighted by Gasteiger charge is 2.22. The molecule has 0 saturated carbocycles. The maximum absolute atomic E-state index is 14.4. The molecule has 0 aliphatic rings. The van der Waals surface area contributed by atoms with Gasteiger partial charge in [0.15, 0.2) is 0 Å². The molecule has 3 rings (SSSR count). The molecule has 164 valence electrons. The average molecular weight is 502 g/mol. The van der Waals surface area contributed by atoms with Crippen molar-refractivity contribution in [1.82, 2.24) is 15.0 Å². The molecule has 0 radical (unpaired) electrons. The summed E-state index contributed by atoms with van der Waals surface area (Å²) in [6, 6.07) is 6.10. The third kappa shape index (κ3) is 5.12. The fourth-order valence-corrected chi connectivity index (χ4v) is 3.05. The molecule has 0 unspecified atom stereocenters. The van der Waals surface area contributed by atoms with Gasteiger partial charge in [-0.3, -0.25) is 9.36 Å². The lowest BCUT2D eigenvalue weighted by molar-refractivity contribution is 0.0441. The molecule has 0 amide bonds. The first-order valence-electron chi connectivity index (χ1n) is 9.00. The van der Waals surface area contributed by atoms with Crippen LogP contribution in [0.3, 0.4) is 0 Å². The van der Waals surface area contributed by atoms with Crippen LogP contribution in [0.25, 0.3) is 5.69 Å². The molecule has 0 aliphatic carbocycles. The van der Waals surface area contributed by atoms with Crippen molar-refractivity contribution in [2.75, 3.05) is 6.61 Å². The number of hydrogen-bond donors (Lipinski definition) is 1. The van der Waals surface area contributed by atoms with Crippen LogP contribution in [0.2, 0.25) is 0 Å². The monoisotopic (exact) mass is 501 g/mol. The molecule has 0 spiro atoms. The summed E-state index contributed by atoms with van der Waals surface area (Å²) in [5, 5.41) is 0. The van der Waals surface area contributed by atoms with Crippen molar-refractivity contribution in [2.45, 2.75) is 20.1 Å². The number of benzene rings is 2. The highest BCUT2D eigenvalue weighted by atomic mass is 79.9. The van der Waals surface area contributed by atoms with Crippen molar-refractivity contribution >= 4 is 15.9 Å². The summed E-state index contributed by atoms with van der Waals surface area (Å²) < 4.78 is 61.6. The Morgan fingerprint density at radius 2 is 1.81 bits per heavy atom. The van der Waals surface area contributed by atoms with E-state index in [0.29, 0.717) is 6.07 Å². The van der Waals surface area contributed by atoms with Crippen molar-refractivity contribution < 1.29 is 27.1 Å². The van der Waals surface area contributed by atoms with Crippen molar-refractivity contribution in [3.63, 3.8) is 0 Å². The predicted molar refractivity (Wildman–Crippen MR) is 107 cm³/mol. The molecule has 0 atom stereocenters. The number of aromatic nitrogens is 2. The third-order valence-corrected chi connectivity index (χ3v) is 4.76. The van der Waals surface area contributed by atoms with Gasteiger partial charge in [-0.2, -0.15) is 10.5 Å². The Morgan fingerprint density at radius 3 is 2.45 bits per heavy atom. The van der Waals surface area contributed by atoms with Gasteiger partial charge in [0, 0.05) is 11.6 Å². The molecule has 3 aromatic rings. The van der Waals surface area contributed by atoms with Crippen molar-refractivity contribution in [1.29, 1.82) is 0 Å². The number of rotatable bonds is 8. The van der Waals surface area contributed by atoms with Crippen LogP contribution in [0.15, 0.2) is 45.7 Å². The lowest BCUT2D eigenvalue weighted by Crippen LogP contribution is -2.30. The topological polar surface area (TPSA) is 65.4 Å². The number of hydrogen-bond acceptors (Lipinski definition) is 5. The van der Waals surface area contributed by atoms with Gasteiger partial charge in [-0.05, 0) is 47.1 Å². The first-order chi connectivity index (χ1) is 14.8. The molecule has 1 N–H and O–H groups in total. The zero-order valence-electron chi connectivity index (χ0n) is 16.1. The molecule has 31 heavy (non-hydrogen) atoms. The maximum Gasteiger partial charge on any atom is 0.276 e. The predicted octanol–water partition coefficient (Wildman–Crippen LogP) is 4.17. The number of nitrogens with zero attached hydrogens (tertiary/aromatic N) is 2. The molecule has 0 aliphatic heterocycles. The minimum atomic E-state index is -0.976. The Labute approximate surface area is 182 Å². The molecule has 1 heterocycles. The van der Waals surface area contributed by atoms with Gasteiger partial charge < -0.3 is 9.57 Å². The standard InChI is InChI=1S/C20H16BrF4N3O3/c1-2-31-26-9-16-27-19(30-10-11-6-7-12(22)8-15(11)25)17(21)20(29)28(16)18-13(23)4-3-5-14(18)24/h3-8,26H,2,9-10H2,1H3. The zero-order valence-corrected chi connectivity index (χ0v) is 17.7. The van der Waals surface area contributed by atoms with Crippen molar-refractivity contribution in [3.8, 4) is 11.6 Å². The number of hydroxylamine groups is 1. The fraction of sp³-hybridized carbons (Fsp3) is 0.200. The molecule has 2 aromatic carbocycles. The van der Waals surface area contributed by atoms with E-state index in [4.69, 9.17) is 9.57 Å². The smallest absolute Gasteiger partial charge is 0.276 e. The van der Waals surface area contributed by atoms with Gasteiger partial charge in [0.2, 0.25) is 5.88 Å². The van der Waals surface area contributed by atoms with E-state index in [0.717, 1.165) is 28.8 Å². The van der Waals surface area contributed by atoms with Gasteiger partial charge in [0.05, 0.1) is 13.2 Å². The number of nitrogens with one attached hydrogen (secondary N) is 1. The minimum absolute atomic E-state index is 0.0217. The van der Waals surface area contributed by atoms with Crippen LogP contribution in [0.1, 0.15) is 18.3 Å². The van der Waals surface area contributed by atoms with Crippen LogP contribution in [-0.2, 0) is 18.0 Å². The Hall–Kier alpha value is -2.76. The van der Waals surface area contributed by atoms with E-state index in [1.165, 1.54) is 6.07 Å². The fourth-order valence-electron chi connectivity index (χ4n) is 2.67. The van der Waals surface area contributed by atoms with E-state index in [-0.39, 0.29) is 41.5 Å². The van der Waals surface area contributed by atoms with Gasteiger partial charge in [-0.25, -0.2) is 17.6 Å². The van der Waals surface area contributed by atoms with E-state index < -0.39 is 34.5 Å². The van der Waals surface area contributed by atoms with Crippen LogP contribution in [0.4, 0.5) is 17.6 Å². The number of halogens is 5. The summed E-state index contributed by atoms with van der Waals surface area (Å²) in [4.78, 5) is 22.1. The van der Waals surface area contributed by atoms with Gasteiger partial charge in [0.25, 0.3) is 5.56 Å². The summed E-state index contributed by atoms with van der Waals surface area (Å²) >= 11 is 3.03. The minimum Gasteiger partial charge on any atom is -0.472 e. The van der Waals surface area contributed by atoms with E-state index in [1.54, 1.807) is 6.92 Å². The largest absolute Gasteiger partial charge is 0.472 e. The molecule has 0 bridgehead atoms. The number of para-hydroxylation sites is 1. The van der Waals surface area contributed by atoms with Crippen LogP contribution in [0, 0.1) is 23.3 Å². The van der Waals surface area contributed by atoms with E-state index in [2.05, 4.69) is 26.4 Å². The second-order valence-electron chi connectivity index (χ2n) is 6.14. The average Bonchev–Trinajstić information content (AvgIpc) is 2.72. The van der Waals surface area contributed by atoms with Crippen LogP contribution >= 0.6 is 15.9 Å². The third-order valence-electron chi connectivity index (χ3n) is 4.08. The van der Waals surface area contributed by atoms with E-state index >= 15 is 0 Å².